The van der Waals surface area contributed by atoms with Crippen molar-refractivity contribution in [3.63, 3.8) is 0 Å². The third-order valence-corrected chi connectivity index (χ3v) is 16.3. The molecule has 0 amide bonds. The van der Waals surface area contributed by atoms with Gasteiger partial charge in [-0.25, -0.2) is 29.9 Å². The number of carbonyl (C=O) groups is 3. The number of Topliss-reactive ketones (excluding diaryl/α,β-unsaturated/α-hetero) is 3. The molecule has 1 aliphatic carbocycles. The molecule has 0 atom stereocenters. The van der Waals surface area contributed by atoms with E-state index in [0.29, 0.717) is 97.2 Å². The van der Waals surface area contributed by atoms with Gasteiger partial charge in [0.2, 0.25) is 5.43 Å². The zero-order valence-electron chi connectivity index (χ0n) is 47.7. The topological polar surface area (TPSA) is 227 Å². The molecule has 9 aromatic heterocycles. The van der Waals surface area contributed by atoms with Gasteiger partial charge < -0.3 is 15.0 Å². The minimum atomic E-state index is -0.485. The molecule has 3 N–H and O–H groups in total. The van der Waals surface area contributed by atoms with Crippen LogP contribution >= 0.6 is 34.8 Å². The predicted octanol–water partition coefficient (Wildman–Crippen LogP) is 14.7. The summed E-state index contributed by atoms with van der Waals surface area (Å²) in [5.41, 5.74) is 10.3. The molecule has 0 radical (unpaired) electrons. The summed E-state index contributed by atoms with van der Waals surface area (Å²) in [6.45, 7) is 6.67. The summed E-state index contributed by atoms with van der Waals surface area (Å²) in [6, 6.07) is 41.7. The third-order valence-electron chi connectivity index (χ3n) is 15.7. The molecule has 88 heavy (non-hydrogen) atoms. The first kappa shape index (κ1) is 57.2. The van der Waals surface area contributed by atoms with Crippen LogP contribution in [-0.4, -0.2) is 62.2 Å². The Hall–Kier alpha value is -9.93. The van der Waals surface area contributed by atoms with Gasteiger partial charge in [0.05, 0.1) is 44.5 Å². The highest BCUT2D eigenvalue weighted by Gasteiger charge is 2.36. The molecule has 1 saturated carbocycles. The second kappa shape index (κ2) is 23.1. The summed E-state index contributed by atoms with van der Waals surface area (Å²) in [5, 5.41) is 1.24. The number of benzene rings is 3. The molecule has 432 valence electrons. The first-order valence-corrected chi connectivity index (χ1v) is 29.6. The number of aryl methyl sites for hydroxylation is 1. The number of hydrogen-bond acceptors (Lipinski definition) is 12. The second-order valence-electron chi connectivity index (χ2n) is 22.4. The Kier molecular flexibility index (Phi) is 15.0. The smallest absolute Gasteiger partial charge is 0.201 e. The fraction of sp³-hybridized carbons (Fsp3) is 0.143. The van der Waals surface area contributed by atoms with E-state index in [9.17, 15) is 28.8 Å². The van der Waals surface area contributed by atoms with E-state index < -0.39 is 11.3 Å². The van der Waals surface area contributed by atoms with Crippen molar-refractivity contribution in [3.8, 4) is 67.2 Å². The van der Waals surface area contributed by atoms with E-state index in [2.05, 4.69) is 19.9 Å². The molecule has 0 spiro atoms. The molecule has 0 aliphatic heterocycles. The van der Waals surface area contributed by atoms with Gasteiger partial charge in [0.1, 0.15) is 32.4 Å². The van der Waals surface area contributed by atoms with Gasteiger partial charge in [0.15, 0.2) is 28.2 Å². The Morgan fingerprint density at radius 3 is 1.95 bits per heavy atom. The lowest BCUT2D eigenvalue weighted by Crippen LogP contribution is -2.20. The minimum Gasteiger partial charge on any atom is -0.346 e. The molecule has 15 nitrogen and oxygen atoms in total. The second-order valence-corrected chi connectivity index (χ2v) is 23.5. The number of pyridine rings is 9. The van der Waals surface area contributed by atoms with E-state index >= 15 is 0 Å². The zero-order valence-corrected chi connectivity index (χ0v) is 50.0. The molecule has 0 saturated heterocycles. The molecule has 18 heteroatoms. The Morgan fingerprint density at radius 2 is 1.22 bits per heavy atom. The Balaban J connectivity index is 0.938. The maximum absolute atomic E-state index is 14.6. The van der Waals surface area contributed by atoms with Crippen LogP contribution in [0.15, 0.2) is 166 Å². The summed E-state index contributed by atoms with van der Waals surface area (Å²) in [5.74, 6) is -1.49. The van der Waals surface area contributed by atoms with Crippen molar-refractivity contribution in [1.29, 1.82) is 0 Å². The number of rotatable bonds is 15. The third kappa shape index (κ3) is 11.0. The van der Waals surface area contributed by atoms with Crippen LogP contribution in [0.3, 0.4) is 0 Å². The van der Waals surface area contributed by atoms with E-state index in [1.54, 1.807) is 44.2 Å². The molecule has 1 aliphatic rings. The summed E-state index contributed by atoms with van der Waals surface area (Å²) >= 11 is 20.6. The number of aromatic nitrogens is 9. The zero-order chi connectivity index (χ0) is 61.2. The summed E-state index contributed by atoms with van der Waals surface area (Å²) < 4.78 is 0. The highest BCUT2D eigenvalue weighted by Crippen LogP contribution is 2.44. The molecule has 0 bridgehead atoms. The van der Waals surface area contributed by atoms with Gasteiger partial charge in [0, 0.05) is 112 Å². The van der Waals surface area contributed by atoms with Crippen molar-refractivity contribution in [2.45, 2.75) is 53.4 Å². The maximum Gasteiger partial charge on any atom is 0.201 e. The highest BCUT2D eigenvalue weighted by molar-refractivity contribution is 6.30. The van der Waals surface area contributed by atoms with Crippen molar-refractivity contribution >= 4 is 85.3 Å². The lowest BCUT2D eigenvalue weighted by molar-refractivity contribution is 0.0936. The molecule has 9 heterocycles. The number of nitrogens with zero attached hydrogens (tertiary/aromatic N) is 6. The number of hydrogen-bond donors (Lipinski definition) is 3. The van der Waals surface area contributed by atoms with Gasteiger partial charge in [0.25, 0.3) is 0 Å². The van der Waals surface area contributed by atoms with Crippen LogP contribution in [-0.2, 0) is 12.8 Å². The van der Waals surface area contributed by atoms with E-state index in [1.165, 1.54) is 31.5 Å². The van der Waals surface area contributed by atoms with E-state index in [1.807, 2.05) is 104 Å². The van der Waals surface area contributed by atoms with Crippen LogP contribution in [0.25, 0.3) is 100 Å². The van der Waals surface area contributed by atoms with Crippen LogP contribution in [0.5, 0.6) is 0 Å². The predicted molar refractivity (Wildman–Crippen MR) is 345 cm³/mol. The van der Waals surface area contributed by atoms with E-state index in [-0.39, 0.29) is 107 Å². The van der Waals surface area contributed by atoms with Gasteiger partial charge in [-0.3, -0.25) is 28.8 Å². The molecule has 13 rings (SSSR count). The number of carbonyl (C=O) groups excluding carboxylic acids is 3. The average molecular weight is 1220 g/mol. The average Bonchev–Trinajstić information content (AvgIpc) is 1.22. The number of ketones is 3. The molecular weight excluding hydrogens is 1170 g/mol. The van der Waals surface area contributed by atoms with Crippen LogP contribution in [0.2, 0.25) is 15.5 Å². The lowest BCUT2D eigenvalue weighted by atomic mass is 9.88. The first-order chi connectivity index (χ1) is 42.4. The minimum absolute atomic E-state index is 0.0000674. The largest absolute Gasteiger partial charge is 0.346 e. The normalized spacial score (nSPS) is 12.4. The summed E-state index contributed by atoms with van der Waals surface area (Å²) in [6.07, 6.45) is 4.81. The van der Waals surface area contributed by atoms with Crippen LogP contribution in [0, 0.1) is 18.8 Å². The maximum atomic E-state index is 14.6. The fourth-order valence-electron chi connectivity index (χ4n) is 11.5. The summed E-state index contributed by atoms with van der Waals surface area (Å²) in [4.78, 5) is 121. The van der Waals surface area contributed by atoms with Crippen LogP contribution < -0.4 is 16.3 Å². The van der Waals surface area contributed by atoms with Crippen molar-refractivity contribution < 1.29 is 14.4 Å². The number of halogens is 3. The van der Waals surface area contributed by atoms with Gasteiger partial charge in [-0.05, 0) is 102 Å². The number of fused-ring (bicyclic) bond motifs is 3. The van der Waals surface area contributed by atoms with Crippen molar-refractivity contribution in [2.75, 3.05) is 0 Å². The van der Waals surface area contributed by atoms with Gasteiger partial charge in [-0.15, -0.1) is 0 Å². The highest BCUT2D eigenvalue weighted by atomic mass is 35.5. The summed E-state index contributed by atoms with van der Waals surface area (Å²) in [7, 11) is 0. The Bertz CT molecular complexity index is 5110. The molecule has 12 aromatic rings. The first-order valence-electron chi connectivity index (χ1n) is 28.4. The number of aromatic amines is 3. The SMILES string of the molecule is CC(=O)c1cc(=O)c2cc(-c3cc(C)nc(Cl)c3)c(-c3cccc(Cc4cc(-c5cc6c(=O)c(C(=O)C(C)C)c[nH]c6nc5-c5ccccc5Cc5cc(-c6c(-c7ccccc7)nc7[nH]ccc(=O)c7c6C(=O)C6CC6)cc(Cl)n5)cc(Cl)n4)c3)nc2[nH]1. The van der Waals surface area contributed by atoms with Crippen molar-refractivity contribution in [2.24, 2.45) is 11.8 Å². The van der Waals surface area contributed by atoms with Crippen molar-refractivity contribution in [1.82, 2.24) is 44.9 Å². The Morgan fingerprint density at radius 1 is 0.568 bits per heavy atom. The Labute approximate surface area is 517 Å². The molecule has 1 fully saturated rings. The van der Waals surface area contributed by atoms with Crippen LogP contribution in [0.1, 0.15) is 93.0 Å². The standard InChI is InChI=1S/C70H50Cl3N9O6/c1-34(2)65(86)52-33-75-68-51(67(52)88)31-49(43-25-45(77-57(72)28-43)23-37-11-10-15-41(22-37)62-48(42-21-35(3)76-56(71)27-42)30-50-55(85)32-53(36(4)83)79-69(50)80-62)64(82-68)47-16-9-8-14-40(47)24-46-26-44(29-58(73)78-46)59-61(66(87)39-17-18-39)60-54(84)19-20-74-70(60)81-63(59)38-12-6-5-7-13-38/h5-16,19-22,25-34,39H,17-18,23-24H2,1-4H3,(H,74,81,84)(H,75,82,88)(H,79,80,85). The van der Waals surface area contributed by atoms with Gasteiger partial charge in [-0.2, -0.15) is 0 Å². The lowest BCUT2D eigenvalue weighted by Gasteiger charge is -2.18. The van der Waals surface area contributed by atoms with E-state index in [4.69, 9.17) is 59.7 Å². The molecule has 3 aromatic carbocycles. The van der Waals surface area contributed by atoms with Crippen molar-refractivity contribution in [3.05, 3.63) is 243 Å². The number of nitrogens with one attached hydrogen (secondary N) is 3. The molecule has 0 unspecified atom stereocenters. The van der Waals surface area contributed by atoms with Gasteiger partial charge in [-0.1, -0.05) is 121 Å². The number of H-pyrrole nitrogens is 3. The van der Waals surface area contributed by atoms with Crippen LogP contribution in [0.4, 0.5) is 0 Å². The van der Waals surface area contributed by atoms with E-state index in [0.717, 1.165) is 16.7 Å². The molecular formula is C70H50Cl3N9O6. The fourth-order valence-corrected chi connectivity index (χ4v) is 12.2. The van der Waals surface area contributed by atoms with Gasteiger partial charge >= 0.3 is 0 Å². The quantitative estimate of drug-likeness (QED) is 0.0643. The monoisotopic (exact) mass is 1220 g/mol.